The van der Waals surface area contributed by atoms with Crippen LogP contribution in [0.3, 0.4) is 0 Å². The van der Waals surface area contributed by atoms with E-state index in [4.69, 9.17) is 0 Å². The van der Waals surface area contributed by atoms with Crippen LogP contribution in [0.25, 0.3) is 0 Å². The van der Waals surface area contributed by atoms with Gasteiger partial charge in [-0.15, -0.1) is 0 Å². The van der Waals surface area contributed by atoms with Gasteiger partial charge in [-0.2, -0.15) is 0 Å². The zero-order valence-electron chi connectivity index (χ0n) is 8.84. The van der Waals surface area contributed by atoms with Crippen molar-refractivity contribution in [3.8, 4) is 0 Å². The number of nitrogens with one attached hydrogen (secondary N) is 1. The lowest BCUT2D eigenvalue weighted by Gasteiger charge is -2.13. The van der Waals surface area contributed by atoms with Crippen LogP contribution < -0.4 is 5.32 Å². The highest BCUT2D eigenvalue weighted by atomic mass is 32.2. The second kappa shape index (κ2) is 6.38. The fourth-order valence-electron chi connectivity index (χ4n) is 1.23. The quantitative estimate of drug-likeness (QED) is 0.679. The van der Waals surface area contributed by atoms with Crippen molar-refractivity contribution in [3.05, 3.63) is 0 Å². The molecule has 13 heavy (non-hydrogen) atoms. The molecule has 0 amide bonds. The summed E-state index contributed by atoms with van der Waals surface area (Å²) in [5, 5.41) is 3.08. The molecule has 0 saturated heterocycles. The Kier molecular flexibility index (Phi) is 6.33. The number of sulfone groups is 1. The van der Waals surface area contributed by atoms with E-state index in [0.717, 1.165) is 19.4 Å². The molecule has 0 aromatic heterocycles. The van der Waals surface area contributed by atoms with Crippen molar-refractivity contribution in [1.82, 2.24) is 5.32 Å². The van der Waals surface area contributed by atoms with Crippen LogP contribution in [0.2, 0.25) is 0 Å². The van der Waals surface area contributed by atoms with Gasteiger partial charge in [0.1, 0.15) is 9.84 Å². The summed E-state index contributed by atoms with van der Waals surface area (Å²) < 4.78 is 22.4. The van der Waals surface area contributed by atoms with Gasteiger partial charge in [-0.25, -0.2) is 8.42 Å². The third-order valence-corrected chi connectivity index (χ3v) is 4.08. The molecule has 0 rings (SSSR count). The molecule has 0 spiro atoms. The Labute approximate surface area is 81.8 Å². The molecular weight excluding hydrogens is 186 g/mol. The molecule has 0 aliphatic carbocycles. The van der Waals surface area contributed by atoms with Crippen molar-refractivity contribution in [3.63, 3.8) is 0 Å². The molecule has 0 aliphatic rings. The molecule has 1 N–H and O–H groups in total. The van der Waals surface area contributed by atoms with E-state index < -0.39 is 9.84 Å². The van der Waals surface area contributed by atoms with Gasteiger partial charge in [-0.3, -0.25) is 0 Å². The van der Waals surface area contributed by atoms with Crippen LogP contribution in [0.15, 0.2) is 0 Å². The molecule has 80 valence electrons. The van der Waals surface area contributed by atoms with Crippen LogP contribution in [-0.2, 0) is 9.84 Å². The highest BCUT2D eigenvalue weighted by molar-refractivity contribution is 7.91. The van der Waals surface area contributed by atoms with Gasteiger partial charge in [0.25, 0.3) is 0 Å². The Balaban J connectivity index is 3.84. The highest BCUT2D eigenvalue weighted by Gasteiger charge is 2.11. The smallest absolute Gasteiger partial charge is 0.150 e. The molecule has 0 saturated carbocycles. The van der Waals surface area contributed by atoms with Gasteiger partial charge in [0.15, 0.2) is 0 Å². The van der Waals surface area contributed by atoms with Gasteiger partial charge >= 0.3 is 0 Å². The first kappa shape index (κ1) is 12.9. The van der Waals surface area contributed by atoms with Crippen LogP contribution in [0.1, 0.15) is 26.7 Å². The SMILES string of the molecule is CCC(CCS(=O)(=O)CC)CNC. The Morgan fingerprint density at radius 2 is 1.92 bits per heavy atom. The third kappa shape index (κ3) is 6.05. The lowest BCUT2D eigenvalue weighted by Crippen LogP contribution is -2.21. The van der Waals surface area contributed by atoms with E-state index in [1.165, 1.54) is 0 Å². The number of hydrogen-bond acceptors (Lipinski definition) is 3. The van der Waals surface area contributed by atoms with Gasteiger partial charge in [-0.1, -0.05) is 20.3 Å². The van der Waals surface area contributed by atoms with E-state index in [1.807, 2.05) is 7.05 Å². The summed E-state index contributed by atoms with van der Waals surface area (Å²) >= 11 is 0. The molecule has 4 heteroatoms. The van der Waals surface area contributed by atoms with Crippen molar-refractivity contribution in [2.24, 2.45) is 5.92 Å². The molecule has 1 unspecified atom stereocenters. The second-order valence-corrected chi connectivity index (χ2v) is 5.83. The molecule has 3 nitrogen and oxygen atoms in total. The van der Waals surface area contributed by atoms with Gasteiger partial charge in [-0.05, 0) is 25.9 Å². The Bertz CT molecular complexity index is 212. The van der Waals surface area contributed by atoms with Crippen molar-refractivity contribution >= 4 is 9.84 Å². The molecule has 0 aliphatic heterocycles. The monoisotopic (exact) mass is 207 g/mol. The molecule has 0 aromatic rings. The maximum Gasteiger partial charge on any atom is 0.150 e. The highest BCUT2D eigenvalue weighted by Crippen LogP contribution is 2.08. The number of hydrogen-bond donors (Lipinski definition) is 1. The van der Waals surface area contributed by atoms with Crippen molar-refractivity contribution < 1.29 is 8.42 Å². The van der Waals surface area contributed by atoms with Crippen LogP contribution in [-0.4, -0.2) is 33.5 Å². The molecule has 0 aromatic carbocycles. The van der Waals surface area contributed by atoms with Crippen LogP contribution in [0.4, 0.5) is 0 Å². The minimum Gasteiger partial charge on any atom is -0.319 e. The summed E-state index contributed by atoms with van der Waals surface area (Å²) in [6.45, 7) is 4.71. The fraction of sp³-hybridized carbons (Fsp3) is 1.00. The predicted molar refractivity (Wildman–Crippen MR) is 56.7 cm³/mol. The topological polar surface area (TPSA) is 46.2 Å². The van der Waals surface area contributed by atoms with Crippen molar-refractivity contribution in [1.29, 1.82) is 0 Å². The average molecular weight is 207 g/mol. The molecule has 1 atom stereocenters. The van der Waals surface area contributed by atoms with Crippen molar-refractivity contribution in [2.45, 2.75) is 26.7 Å². The predicted octanol–water partition coefficient (Wildman–Crippen LogP) is 1.06. The molecule has 0 radical (unpaired) electrons. The van der Waals surface area contributed by atoms with Crippen LogP contribution in [0.5, 0.6) is 0 Å². The van der Waals surface area contributed by atoms with Gasteiger partial charge in [0.2, 0.25) is 0 Å². The maximum absolute atomic E-state index is 11.2. The largest absolute Gasteiger partial charge is 0.319 e. The van der Waals surface area contributed by atoms with Crippen LogP contribution in [0, 0.1) is 5.92 Å². The zero-order valence-corrected chi connectivity index (χ0v) is 9.65. The van der Waals surface area contributed by atoms with E-state index in [1.54, 1.807) is 6.92 Å². The van der Waals surface area contributed by atoms with E-state index in [0.29, 0.717) is 11.7 Å². The number of rotatable bonds is 7. The lowest BCUT2D eigenvalue weighted by atomic mass is 10.0. The summed E-state index contributed by atoms with van der Waals surface area (Å²) in [4.78, 5) is 0. The van der Waals surface area contributed by atoms with Gasteiger partial charge < -0.3 is 5.32 Å². The Morgan fingerprint density at radius 3 is 2.31 bits per heavy atom. The maximum atomic E-state index is 11.2. The average Bonchev–Trinajstić information content (AvgIpc) is 2.12. The van der Waals surface area contributed by atoms with Crippen molar-refractivity contribution in [2.75, 3.05) is 25.1 Å². The summed E-state index contributed by atoms with van der Waals surface area (Å²) in [7, 11) is -0.871. The molecule has 0 bridgehead atoms. The molecular formula is C9H21NO2S. The van der Waals surface area contributed by atoms with Gasteiger partial charge in [0, 0.05) is 5.75 Å². The third-order valence-electron chi connectivity index (χ3n) is 2.35. The summed E-state index contributed by atoms with van der Waals surface area (Å²) in [6, 6.07) is 0. The minimum atomic E-state index is -2.77. The lowest BCUT2D eigenvalue weighted by molar-refractivity contribution is 0.467. The van der Waals surface area contributed by atoms with E-state index in [2.05, 4.69) is 12.2 Å². The first-order valence-corrected chi connectivity index (χ1v) is 6.72. The summed E-state index contributed by atoms with van der Waals surface area (Å²) in [5.41, 5.74) is 0. The summed E-state index contributed by atoms with van der Waals surface area (Å²) in [5.74, 6) is 1.10. The first-order chi connectivity index (χ1) is 6.05. The molecule has 0 fully saturated rings. The standard InChI is InChI=1S/C9H21NO2S/c1-4-9(8-10-3)6-7-13(11,12)5-2/h9-10H,4-8H2,1-3H3. The van der Waals surface area contributed by atoms with E-state index >= 15 is 0 Å². The Hall–Kier alpha value is -0.0900. The fourth-order valence-corrected chi connectivity index (χ4v) is 2.21. The first-order valence-electron chi connectivity index (χ1n) is 4.90. The molecule has 0 heterocycles. The second-order valence-electron chi connectivity index (χ2n) is 3.36. The zero-order chi connectivity index (χ0) is 10.3. The summed E-state index contributed by atoms with van der Waals surface area (Å²) in [6.07, 6.45) is 1.83. The normalized spacial score (nSPS) is 14.4. The van der Waals surface area contributed by atoms with Gasteiger partial charge in [0.05, 0.1) is 5.75 Å². The van der Waals surface area contributed by atoms with E-state index in [9.17, 15) is 8.42 Å². The van der Waals surface area contributed by atoms with E-state index in [-0.39, 0.29) is 5.75 Å². The van der Waals surface area contributed by atoms with Crippen LogP contribution >= 0.6 is 0 Å². The Morgan fingerprint density at radius 1 is 1.31 bits per heavy atom. The minimum absolute atomic E-state index is 0.267.